The van der Waals surface area contributed by atoms with Crippen molar-refractivity contribution in [3.05, 3.63) is 70.1 Å². The van der Waals surface area contributed by atoms with Crippen LogP contribution in [0.5, 0.6) is 11.5 Å². The van der Waals surface area contributed by atoms with Gasteiger partial charge >= 0.3 is 0 Å². The molecular formula is C18H16ClN3O3. The molecule has 0 amide bonds. The summed E-state index contributed by atoms with van der Waals surface area (Å²) in [5.41, 5.74) is 1.34. The number of benzene rings is 2. The second-order valence-electron chi connectivity index (χ2n) is 5.12. The topological polar surface area (TPSA) is 65.4 Å². The molecule has 1 heterocycles. The Morgan fingerprint density at radius 1 is 1.04 bits per heavy atom. The summed E-state index contributed by atoms with van der Waals surface area (Å²) in [5.74, 6) is 1.17. The molecule has 3 aromatic rings. The van der Waals surface area contributed by atoms with Gasteiger partial charge in [-0.2, -0.15) is 9.78 Å². The molecule has 0 aliphatic carbocycles. The smallest absolute Gasteiger partial charge is 0.292 e. The van der Waals surface area contributed by atoms with Gasteiger partial charge in [0.25, 0.3) is 5.56 Å². The lowest BCUT2D eigenvalue weighted by Gasteiger charge is -2.13. The summed E-state index contributed by atoms with van der Waals surface area (Å²) in [5, 5.41) is 7.31. The molecule has 128 valence electrons. The first-order valence-electron chi connectivity index (χ1n) is 7.46. The number of halogens is 1. The van der Waals surface area contributed by atoms with E-state index in [0.717, 1.165) is 0 Å². The van der Waals surface area contributed by atoms with E-state index in [0.29, 0.717) is 28.6 Å². The van der Waals surface area contributed by atoms with Crippen molar-refractivity contribution in [2.45, 2.75) is 0 Å². The standard InChI is InChI=1S/C18H16ClN3O3/c1-24-15-9-8-12(10-16(15)25-2)21-14-11-20-22(18(23)17(14)19)13-6-4-3-5-7-13/h3-11,21H,1-2H3. The van der Waals surface area contributed by atoms with E-state index >= 15 is 0 Å². The Kier molecular flexibility index (Phi) is 4.90. The van der Waals surface area contributed by atoms with Crippen molar-refractivity contribution >= 4 is 23.0 Å². The maximum absolute atomic E-state index is 12.5. The molecular weight excluding hydrogens is 342 g/mol. The summed E-state index contributed by atoms with van der Waals surface area (Å²) < 4.78 is 11.7. The van der Waals surface area contributed by atoms with Crippen LogP contribution < -0.4 is 20.3 Å². The van der Waals surface area contributed by atoms with Gasteiger partial charge in [0.2, 0.25) is 0 Å². The number of methoxy groups -OCH3 is 2. The minimum atomic E-state index is -0.404. The molecule has 0 aliphatic rings. The predicted molar refractivity (Wildman–Crippen MR) is 97.7 cm³/mol. The van der Waals surface area contributed by atoms with E-state index in [9.17, 15) is 4.79 Å². The Hall–Kier alpha value is -2.99. The zero-order valence-corrected chi connectivity index (χ0v) is 14.4. The highest BCUT2D eigenvalue weighted by Gasteiger charge is 2.12. The highest BCUT2D eigenvalue weighted by atomic mass is 35.5. The fraction of sp³-hybridized carbons (Fsp3) is 0.111. The number of aromatic nitrogens is 2. The molecule has 0 aliphatic heterocycles. The highest BCUT2D eigenvalue weighted by molar-refractivity contribution is 6.33. The maximum atomic E-state index is 12.5. The van der Waals surface area contributed by atoms with Crippen molar-refractivity contribution in [2.24, 2.45) is 0 Å². The molecule has 2 aromatic carbocycles. The molecule has 0 spiro atoms. The van der Waals surface area contributed by atoms with Crippen LogP contribution >= 0.6 is 11.6 Å². The molecule has 25 heavy (non-hydrogen) atoms. The third-order valence-corrected chi connectivity index (χ3v) is 3.95. The van der Waals surface area contributed by atoms with Crippen LogP contribution in [0.4, 0.5) is 11.4 Å². The summed E-state index contributed by atoms with van der Waals surface area (Å²) in [6, 6.07) is 14.4. The lowest BCUT2D eigenvalue weighted by Crippen LogP contribution is -2.22. The molecule has 1 aromatic heterocycles. The van der Waals surface area contributed by atoms with E-state index in [1.165, 1.54) is 10.9 Å². The van der Waals surface area contributed by atoms with E-state index in [2.05, 4.69) is 10.4 Å². The van der Waals surface area contributed by atoms with Gasteiger partial charge in [-0.25, -0.2) is 0 Å². The SMILES string of the molecule is COc1ccc(Nc2cnn(-c3ccccc3)c(=O)c2Cl)cc1OC. The van der Waals surface area contributed by atoms with Gasteiger partial charge in [0.05, 0.1) is 31.8 Å². The molecule has 0 fully saturated rings. The van der Waals surface area contributed by atoms with Crippen molar-refractivity contribution in [3.63, 3.8) is 0 Å². The van der Waals surface area contributed by atoms with Gasteiger partial charge in [-0.05, 0) is 24.3 Å². The van der Waals surface area contributed by atoms with Crippen molar-refractivity contribution in [3.8, 4) is 17.2 Å². The molecule has 0 radical (unpaired) electrons. The number of ether oxygens (including phenoxy) is 2. The predicted octanol–water partition coefficient (Wildman–Crippen LogP) is 3.65. The minimum Gasteiger partial charge on any atom is -0.493 e. The monoisotopic (exact) mass is 357 g/mol. The Morgan fingerprint density at radius 3 is 2.44 bits per heavy atom. The number of para-hydroxylation sites is 1. The van der Waals surface area contributed by atoms with Crippen molar-refractivity contribution in [2.75, 3.05) is 19.5 Å². The average molecular weight is 358 g/mol. The number of hydrogen-bond donors (Lipinski definition) is 1. The number of rotatable bonds is 5. The van der Waals surface area contributed by atoms with Crippen molar-refractivity contribution in [1.82, 2.24) is 9.78 Å². The Morgan fingerprint density at radius 2 is 1.76 bits per heavy atom. The summed E-state index contributed by atoms with van der Waals surface area (Å²) in [4.78, 5) is 12.5. The van der Waals surface area contributed by atoms with Crippen molar-refractivity contribution in [1.29, 1.82) is 0 Å². The first-order valence-corrected chi connectivity index (χ1v) is 7.84. The van der Waals surface area contributed by atoms with Crippen LogP contribution in [0, 0.1) is 0 Å². The molecule has 0 saturated heterocycles. The van der Waals surface area contributed by atoms with Crippen LogP contribution in [0.1, 0.15) is 0 Å². The summed E-state index contributed by atoms with van der Waals surface area (Å²) in [7, 11) is 3.12. The highest BCUT2D eigenvalue weighted by Crippen LogP contribution is 2.31. The molecule has 0 unspecified atom stereocenters. The molecule has 6 nitrogen and oxygen atoms in total. The summed E-state index contributed by atoms with van der Waals surface area (Å²) in [6.07, 6.45) is 1.51. The zero-order valence-electron chi connectivity index (χ0n) is 13.7. The Labute approximate surface area is 149 Å². The molecule has 7 heteroatoms. The fourth-order valence-electron chi connectivity index (χ4n) is 2.34. The van der Waals surface area contributed by atoms with E-state index in [1.807, 2.05) is 18.2 Å². The molecule has 0 saturated carbocycles. The molecule has 0 atom stereocenters. The maximum Gasteiger partial charge on any atom is 0.292 e. The Bertz CT molecular complexity index is 942. The van der Waals surface area contributed by atoms with Crippen molar-refractivity contribution < 1.29 is 9.47 Å². The normalized spacial score (nSPS) is 10.4. The molecule has 1 N–H and O–H groups in total. The third-order valence-electron chi connectivity index (χ3n) is 3.58. The van der Waals surface area contributed by atoms with Gasteiger partial charge in [0, 0.05) is 11.8 Å². The fourth-order valence-corrected chi connectivity index (χ4v) is 2.52. The van der Waals surface area contributed by atoms with Gasteiger partial charge in [0.15, 0.2) is 11.5 Å². The van der Waals surface area contributed by atoms with Crippen LogP contribution in [-0.4, -0.2) is 24.0 Å². The zero-order chi connectivity index (χ0) is 17.8. The van der Waals surface area contributed by atoms with Gasteiger partial charge in [-0.3, -0.25) is 4.79 Å². The van der Waals surface area contributed by atoms with E-state index in [-0.39, 0.29) is 5.02 Å². The van der Waals surface area contributed by atoms with Crippen LogP contribution in [-0.2, 0) is 0 Å². The summed E-state index contributed by atoms with van der Waals surface area (Å²) in [6.45, 7) is 0. The van der Waals surface area contributed by atoms with Crippen LogP contribution in [0.15, 0.2) is 59.5 Å². The van der Waals surface area contributed by atoms with E-state index in [4.69, 9.17) is 21.1 Å². The van der Waals surface area contributed by atoms with Crippen LogP contribution in [0.25, 0.3) is 5.69 Å². The molecule has 3 rings (SSSR count). The molecule has 0 bridgehead atoms. The first-order chi connectivity index (χ1) is 12.1. The Balaban J connectivity index is 1.94. The van der Waals surface area contributed by atoms with Gasteiger partial charge < -0.3 is 14.8 Å². The number of nitrogens with zero attached hydrogens (tertiary/aromatic N) is 2. The van der Waals surface area contributed by atoms with Gasteiger partial charge in [0.1, 0.15) is 5.02 Å². The third kappa shape index (κ3) is 3.44. The van der Waals surface area contributed by atoms with E-state index in [1.54, 1.807) is 44.6 Å². The lowest BCUT2D eigenvalue weighted by molar-refractivity contribution is 0.355. The first kappa shape index (κ1) is 16.9. The van der Waals surface area contributed by atoms with E-state index < -0.39 is 5.56 Å². The number of anilines is 2. The second-order valence-corrected chi connectivity index (χ2v) is 5.50. The van der Waals surface area contributed by atoms with Gasteiger partial charge in [-0.1, -0.05) is 29.8 Å². The number of nitrogens with one attached hydrogen (secondary N) is 1. The summed E-state index contributed by atoms with van der Waals surface area (Å²) >= 11 is 6.24. The van der Waals surface area contributed by atoms with Crippen LogP contribution in [0.3, 0.4) is 0 Å². The van der Waals surface area contributed by atoms with Gasteiger partial charge in [-0.15, -0.1) is 0 Å². The largest absolute Gasteiger partial charge is 0.493 e. The van der Waals surface area contributed by atoms with Crippen LogP contribution in [0.2, 0.25) is 5.02 Å². The number of hydrogen-bond acceptors (Lipinski definition) is 5. The minimum absolute atomic E-state index is 0.0497. The average Bonchev–Trinajstić information content (AvgIpc) is 2.66. The second kappa shape index (κ2) is 7.27. The lowest BCUT2D eigenvalue weighted by atomic mass is 10.2. The quantitative estimate of drug-likeness (QED) is 0.755.